The fourth-order valence-electron chi connectivity index (χ4n) is 7.36. The van der Waals surface area contributed by atoms with Crippen molar-refractivity contribution in [1.82, 2.24) is 9.80 Å². The van der Waals surface area contributed by atoms with Crippen LogP contribution in [0.5, 0.6) is 11.5 Å². The van der Waals surface area contributed by atoms with Gasteiger partial charge in [-0.25, -0.2) is 0 Å². The van der Waals surface area contributed by atoms with Crippen molar-refractivity contribution in [2.45, 2.75) is 207 Å². The lowest BCUT2D eigenvalue weighted by Crippen LogP contribution is -2.41. The first kappa shape index (κ1) is 43.9. The van der Waals surface area contributed by atoms with Gasteiger partial charge >= 0.3 is 0 Å². The molecule has 5 nitrogen and oxygen atoms in total. The molecule has 0 amide bonds. The third kappa shape index (κ3) is 21.6. The highest BCUT2D eigenvalue weighted by atomic mass is 16.6. The van der Waals surface area contributed by atoms with E-state index in [1.54, 1.807) is 0 Å². The van der Waals surface area contributed by atoms with E-state index in [9.17, 15) is 0 Å². The van der Waals surface area contributed by atoms with Crippen LogP contribution in [0.4, 0.5) is 0 Å². The van der Waals surface area contributed by atoms with E-state index in [0.29, 0.717) is 0 Å². The number of rotatable bonds is 30. The van der Waals surface area contributed by atoms with Gasteiger partial charge in [0.2, 0.25) is 0 Å². The standard InChI is InChI=1S/C44H82N2O3/c1-5-9-11-13-15-17-19-21-23-25-27-31-37-45(7-3)43-35-39-47-40-36-44(49-42-34-30-29-33-41(42)48-43)46(8-4)38-32-28-26-24-22-20-18-16-14-12-10-6-2/h29-30,33-34,43-44H,5-28,31-32,35-40H2,1-4H3. The maximum atomic E-state index is 6.78. The number of fused-ring (bicyclic) bond motifs is 1. The maximum Gasteiger partial charge on any atom is 0.163 e. The molecule has 5 heteroatoms. The Labute approximate surface area is 305 Å². The van der Waals surface area contributed by atoms with Gasteiger partial charge in [-0.3, -0.25) is 9.80 Å². The third-order valence-corrected chi connectivity index (χ3v) is 10.6. The summed E-state index contributed by atoms with van der Waals surface area (Å²) in [6, 6.07) is 8.35. The second-order valence-corrected chi connectivity index (χ2v) is 14.8. The van der Waals surface area contributed by atoms with E-state index < -0.39 is 0 Å². The van der Waals surface area contributed by atoms with Gasteiger partial charge in [-0.15, -0.1) is 0 Å². The van der Waals surface area contributed by atoms with Crippen LogP contribution in [0.3, 0.4) is 0 Å². The summed E-state index contributed by atoms with van der Waals surface area (Å²) in [5.74, 6) is 1.74. The summed E-state index contributed by atoms with van der Waals surface area (Å²) < 4.78 is 19.8. The Morgan fingerprint density at radius 3 is 1.06 bits per heavy atom. The van der Waals surface area contributed by atoms with Crippen molar-refractivity contribution in [1.29, 1.82) is 0 Å². The SMILES string of the molecule is CCCCCCCCCCCCCCN(CC)C1CCOCCC(N(CC)CCCCCCCCCCCCCC)Oc2ccccc2O1. The monoisotopic (exact) mass is 687 g/mol. The molecule has 2 unspecified atom stereocenters. The molecule has 1 aromatic carbocycles. The summed E-state index contributed by atoms with van der Waals surface area (Å²) in [5, 5.41) is 0. The van der Waals surface area contributed by atoms with Gasteiger partial charge in [-0.2, -0.15) is 0 Å². The summed E-state index contributed by atoms with van der Waals surface area (Å²) in [5.41, 5.74) is 0. The first-order chi connectivity index (χ1) is 24.2. The minimum absolute atomic E-state index is 0.00217. The number of para-hydroxylation sites is 2. The van der Waals surface area contributed by atoms with E-state index in [0.717, 1.165) is 63.7 Å². The highest BCUT2D eigenvalue weighted by Gasteiger charge is 2.25. The minimum Gasteiger partial charge on any atom is -0.471 e. The van der Waals surface area contributed by atoms with E-state index >= 15 is 0 Å². The zero-order valence-electron chi connectivity index (χ0n) is 33.2. The van der Waals surface area contributed by atoms with Gasteiger partial charge in [-0.05, 0) is 38.1 Å². The maximum absolute atomic E-state index is 6.78. The molecule has 1 aromatic rings. The predicted molar refractivity (Wildman–Crippen MR) is 212 cm³/mol. The van der Waals surface area contributed by atoms with Crippen molar-refractivity contribution < 1.29 is 14.2 Å². The zero-order chi connectivity index (χ0) is 35.0. The first-order valence-electron chi connectivity index (χ1n) is 21.7. The van der Waals surface area contributed by atoms with Gasteiger partial charge in [0.1, 0.15) is 0 Å². The molecule has 1 aliphatic heterocycles. The second kappa shape index (κ2) is 31.4. The van der Waals surface area contributed by atoms with Crippen molar-refractivity contribution in [3.05, 3.63) is 24.3 Å². The van der Waals surface area contributed by atoms with Gasteiger partial charge in [0.25, 0.3) is 0 Å². The molecule has 0 N–H and O–H groups in total. The molecular weight excluding hydrogens is 604 g/mol. The molecule has 2 rings (SSSR count). The molecule has 0 radical (unpaired) electrons. The number of hydrogen-bond acceptors (Lipinski definition) is 5. The van der Waals surface area contributed by atoms with Gasteiger partial charge < -0.3 is 14.2 Å². The molecule has 0 saturated carbocycles. The lowest BCUT2D eigenvalue weighted by atomic mass is 10.1. The van der Waals surface area contributed by atoms with Crippen LogP contribution < -0.4 is 9.47 Å². The molecule has 1 heterocycles. The minimum atomic E-state index is 0.00217. The molecule has 0 aliphatic carbocycles. The Kier molecular flexibility index (Phi) is 28.1. The highest BCUT2D eigenvalue weighted by Crippen LogP contribution is 2.31. The lowest BCUT2D eigenvalue weighted by molar-refractivity contribution is -0.00846. The number of nitrogens with zero attached hydrogens (tertiary/aromatic N) is 2. The zero-order valence-corrected chi connectivity index (χ0v) is 33.2. The first-order valence-corrected chi connectivity index (χ1v) is 21.7. The average Bonchev–Trinajstić information content (AvgIpc) is 3.16. The number of benzene rings is 1. The fourth-order valence-corrected chi connectivity index (χ4v) is 7.36. The molecule has 1 aliphatic rings. The van der Waals surface area contributed by atoms with Gasteiger partial charge in [-0.1, -0.05) is 181 Å². The Balaban J connectivity index is 1.77. The smallest absolute Gasteiger partial charge is 0.163 e. The van der Waals surface area contributed by atoms with Crippen molar-refractivity contribution in [2.75, 3.05) is 39.4 Å². The van der Waals surface area contributed by atoms with Crippen LogP contribution in [-0.4, -0.2) is 61.6 Å². The Bertz CT molecular complexity index is 784. The molecule has 286 valence electrons. The number of hydrogen-bond donors (Lipinski definition) is 0. The Morgan fingerprint density at radius 2 is 0.755 bits per heavy atom. The van der Waals surface area contributed by atoms with E-state index in [4.69, 9.17) is 14.2 Å². The molecule has 2 atom stereocenters. The summed E-state index contributed by atoms with van der Waals surface area (Å²) in [6.45, 7) is 14.7. The van der Waals surface area contributed by atoms with Crippen LogP contribution in [0.2, 0.25) is 0 Å². The van der Waals surface area contributed by atoms with Crippen LogP contribution in [-0.2, 0) is 4.74 Å². The van der Waals surface area contributed by atoms with Gasteiger partial charge in [0.05, 0.1) is 13.2 Å². The molecule has 49 heavy (non-hydrogen) atoms. The van der Waals surface area contributed by atoms with Crippen LogP contribution in [0, 0.1) is 0 Å². The fraction of sp³-hybridized carbons (Fsp3) is 0.864. The average molecular weight is 687 g/mol. The van der Waals surface area contributed by atoms with Crippen molar-refractivity contribution in [3.8, 4) is 11.5 Å². The van der Waals surface area contributed by atoms with Crippen LogP contribution in [0.25, 0.3) is 0 Å². The van der Waals surface area contributed by atoms with Crippen molar-refractivity contribution >= 4 is 0 Å². The van der Waals surface area contributed by atoms with Crippen LogP contribution in [0.15, 0.2) is 24.3 Å². The van der Waals surface area contributed by atoms with E-state index in [1.807, 2.05) is 0 Å². The Morgan fingerprint density at radius 1 is 0.449 bits per heavy atom. The van der Waals surface area contributed by atoms with Gasteiger partial charge in [0, 0.05) is 25.9 Å². The third-order valence-electron chi connectivity index (χ3n) is 10.6. The molecule has 0 bridgehead atoms. The summed E-state index contributed by atoms with van der Waals surface area (Å²) in [7, 11) is 0. The largest absolute Gasteiger partial charge is 0.471 e. The topological polar surface area (TPSA) is 34.2 Å². The second-order valence-electron chi connectivity index (χ2n) is 14.8. The summed E-state index contributed by atoms with van der Waals surface area (Å²) in [4.78, 5) is 5.02. The normalized spacial score (nSPS) is 17.1. The predicted octanol–water partition coefficient (Wildman–Crippen LogP) is 13.0. The lowest BCUT2D eigenvalue weighted by Gasteiger charge is -2.33. The highest BCUT2D eigenvalue weighted by molar-refractivity contribution is 5.39. The Hall–Kier alpha value is -1.30. The molecule has 0 aromatic heterocycles. The molecule has 0 fully saturated rings. The molecular formula is C44H82N2O3. The molecule has 0 spiro atoms. The number of unbranched alkanes of at least 4 members (excludes halogenated alkanes) is 22. The van der Waals surface area contributed by atoms with E-state index in [1.165, 1.54) is 154 Å². The van der Waals surface area contributed by atoms with Gasteiger partial charge in [0.15, 0.2) is 24.0 Å². The van der Waals surface area contributed by atoms with Crippen LogP contribution in [0.1, 0.15) is 195 Å². The summed E-state index contributed by atoms with van der Waals surface area (Å²) in [6.07, 6.45) is 34.9. The summed E-state index contributed by atoms with van der Waals surface area (Å²) >= 11 is 0. The van der Waals surface area contributed by atoms with Crippen LogP contribution >= 0.6 is 0 Å². The van der Waals surface area contributed by atoms with E-state index in [2.05, 4.69) is 61.8 Å². The number of ether oxygens (including phenoxy) is 3. The quantitative estimate of drug-likeness (QED) is 0.0753. The van der Waals surface area contributed by atoms with Crippen molar-refractivity contribution in [3.63, 3.8) is 0 Å². The van der Waals surface area contributed by atoms with E-state index in [-0.39, 0.29) is 12.5 Å². The molecule has 0 saturated heterocycles. The van der Waals surface area contributed by atoms with Crippen molar-refractivity contribution in [2.24, 2.45) is 0 Å².